The molecule has 0 amide bonds. The van der Waals surface area contributed by atoms with Crippen molar-refractivity contribution in [3.8, 4) is 0 Å². The van der Waals surface area contributed by atoms with E-state index in [1.165, 1.54) is 6.20 Å². The standard InChI is InChI=1S/C13H13F3N2/c1-9(13(14,15)16)7-11(8-18-2)10-3-5-12(17)6-4-10/h3-8H,2,17H2,1H3/b9-7+,11-8+. The molecule has 0 aliphatic rings. The molecule has 1 rings (SSSR count). The van der Waals surface area contributed by atoms with Crippen LogP contribution in [-0.2, 0) is 0 Å². The van der Waals surface area contributed by atoms with E-state index >= 15 is 0 Å². The number of hydrogen-bond donors (Lipinski definition) is 1. The van der Waals surface area contributed by atoms with E-state index in [4.69, 9.17) is 5.73 Å². The van der Waals surface area contributed by atoms with Crippen LogP contribution in [-0.4, -0.2) is 12.9 Å². The number of anilines is 1. The van der Waals surface area contributed by atoms with Crippen molar-refractivity contribution in [2.45, 2.75) is 13.1 Å². The van der Waals surface area contributed by atoms with Crippen LogP contribution in [0.2, 0.25) is 0 Å². The van der Waals surface area contributed by atoms with E-state index in [0.717, 1.165) is 13.0 Å². The van der Waals surface area contributed by atoms with Crippen LogP contribution in [0.4, 0.5) is 18.9 Å². The molecule has 0 radical (unpaired) electrons. The van der Waals surface area contributed by atoms with Crippen molar-refractivity contribution in [3.63, 3.8) is 0 Å². The summed E-state index contributed by atoms with van der Waals surface area (Å²) in [7, 11) is 0. The van der Waals surface area contributed by atoms with Crippen molar-refractivity contribution in [1.82, 2.24) is 0 Å². The molecule has 0 saturated heterocycles. The third-order valence-electron chi connectivity index (χ3n) is 2.29. The molecule has 1 aromatic rings. The van der Waals surface area contributed by atoms with Crippen LogP contribution >= 0.6 is 0 Å². The van der Waals surface area contributed by atoms with E-state index in [-0.39, 0.29) is 0 Å². The van der Waals surface area contributed by atoms with Crippen molar-refractivity contribution in [3.05, 3.63) is 47.7 Å². The maximum Gasteiger partial charge on any atom is 0.412 e. The maximum atomic E-state index is 12.5. The lowest BCUT2D eigenvalue weighted by Gasteiger charge is -2.08. The molecule has 5 heteroatoms. The van der Waals surface area contributed by atoms with Crippen molar-refractivity contribution >= 4 is 18.0 Å². The van der Waals surface area contributed by atoms with Crippen molar-refractivity contribution in [1.29, 1.82) is 0 Å². The van der Waals surface area contributed by atoms with Gasteiger partial charge in [0.15, 0.2) is 0 Å². The van der Waals surface area contributed by atoms with Gasteiger partial charge in [-0.2, -0.15) is 13.2 Å². The zero-order valence-electron chi connectivity index (χ0n) is 9.83. The lowest BCUT2D eigenvalue weighted by molar-refractivity contribution is -0.0912. The van der Waals surface area contributed by atoms with E-state index in [0.29, 0.717) is 16.8 Å². The summed E-state index contributed by atoms with van der Waals surface area (Å²) in [5.74, 6) is 0. The fourth-order valence-electron chi connectivity index (χ4n) is 1.28. The molecular formula is C13H13F3N2. The van der Waals surface area contributed by atoms with E-state index in [1.807, 2.05) is 0 Å². The van der Waals surface area contributed by atoms with Gasteiger partial charge in [0.1, 0.15) is 0 Å². The Kier molecular flexibility index (Phi) is 4.31. The summed E-state index contributed by atoms with van der Waals surface area (Å²) < 4.78 is 37.4. The van der Waals surface area contributed by atoms with Gasteiger partial charge in [-0.25, -0.2) is 0 Å². The average Bonchev–Trinajstić information content (AvgIpc) is 2.28. The monoisotopic (exact) mass is 254 g/mol. The fourth-order valence-corrected chi connectivity index (χ4v) is 1.28. The third kappa shape index (κ3) is 3.76. The lowest BCUT2D eigenvalue weighted by atomic mass is 10.0. The zero-order chi connectivity index (χ0) is 13.8. The Morgan fingerprint density at radius 3 is 2.28 bits per heavy atom. The molecule has 96 valence electrons. The molecule has 0 fully saturated rings. The van der Waals surface area contributed by atoms with Gasteiger partial charge in [-0.3, -0.25) is 4.99 Å². The molecule has 18 heavy (non-hydrogen) atoms. The molecule has 0 atom stereocenters. The highest BCUT2D eigenvalue weighted by Gasteiger charge is 2.30. The smallest absolute Gasteiger partial charge is 0.399 e. The van der Waals surface area contributed by atoms with Crippen molar-refractivity contribution in [2.24, 2.45) is 4.99 Å². The Balaban J connectivity index is 3.17. The van der Waals surface area contributed by atoms with Gasteiger partial charge in [0.05, 0.1) is 0 Å². The molecule has 0 bridgehead atoms. The first-order valence-electron chi connectivity index (χ1n) is 5.12. The van der Waals surface area contributed by atoms with Gasteiger partial charge in [0.2, 0.25) is 0 Å². The summed E-state index contributed by atoms with van der Waals surface area (Å²) >= 11 is 0. The quantitative estimate of drug-likeness (QED) is 0.497. The summed E-state index contributed by atoms with van der Waals surface area (Å²) in [6.45, 7) is 4.26. The maximum absolute atomic E-state index is 12.5. The Morgan fingerprint density at radius 2 is 1.83 bits per heavy atom. The predicted octanol–water partition coefficient (Wildman–Crippen LogP) is 3.82. The highest BCUT2D eigenvalue weighted by atomic mass is 19.4. The van der Waals surface area contributed by atoms with Gasteiger partial charge in [0.25, 0.3) is 0 Å². The van der Waals surface area contributed by atoms with E-state index in [1.54, 1.807) is 24.3 Å². The lowest BCUT2D eigenvalue weighted by Crippen LogP contribution is -2.08. The first-order valence-corrected chi connectivity index (χ1v) is 5.12. The minimum absolute atomic E-state index is 0.333. The van der Waals surface area contributed by atoms with Crippen molar-refractivity contribution < 1.29 is 13.2 Å². The summed E-state index contributed by atoms with van der Waals surface area (Å²) in [6.07, 6.45) is -2.05. The van der Waals surface area contributed by atoms with E-state index < -0.39 is 11.7 Å². The Hall–Kier alpha value is -2.04. The van der Waals surface area contributed by atoms with Crippen LogP contribution < -0.4 is 5.73 Å². The molecule has 2 N–H and O–H groups in total. The van der Waals surface area contributed by atoms with Crippen LogP contribution in [0.5, 0.6) is 0 Å². The Labute approximate surface area is 103 Å². The minimum atomic E-state index is -4.35. The average molecular weight is 254 g/mol. The number of aliphatic imine (C=N–C) groups is 1. The highest BCUT2D eigenvalue weighted by Crippen LogP contribution is 2.28. The van der Waals surface area contributed by atoms with Gasteiger partial charge in [-0.05, 0) is 37.4 Å². The normalized spacial score (nSPS) is 13.6. The SMILES string of the molecule is C=N/C=C(\C=C(/C)C(F)(F)F)c1ccc(N)cc1. The highest BCUT2D eigenvalue weighted by molar-refractivity contribution is 5.75. The van der Waals surface area contributed by atoms with Gasteiger partial charge >= 0.3 is 6.18 Å². The Morgan fingerprint density at radius 1 is 1.28 bits per heavy atom. The minimum Gasteiger partial charge on any atom is -0.399 e. The first kappa shape index (κ1) is 14.0. The second-order valence-corrected chi connectivity index (χ2v) is 3.71. The number of alkyl halides is 3. The number of nitrogens with two attached hydrogens (primary N) is 1. The van der Waals surface area contributed by atoms with Crippen LogP contribution in [0.15, 0.2) is 47.1 Å². The molecule has 0 saturated carbocycles. The molecular weight excluding hydrogens is 241 g/mol. The van der Waals surface area contributed by atoms with Gasteiger partial charge in [0, 0.05) is 23.0 Å². The van der Waals surface area contributed by atoms with Crippen LogP contribution in [0.3, 0.4) is 0 Å². The van der Waals surface area contributed by atoms with Crippen LogP contribution in [0.25, 0.3) is 5.57 Å². The summed E-state index contributed by atoms with van der Waals surface area (Å²) in [5, 5.41) is 0. The first-order chi connectivity index (χ1) is 8.34. The third-order valence-corrected chi connectivity index (χ3v) is 2.29. The number of nitrogen functional groups attached to an aromatic ring is 1. The molecule has 0 heterocycles. The summed E-state index contributed by atoms with van der Waals surface area (Å²) in [4.78, 5) is 3.51. The second kappa shape index (κ2) is 5.53. The number of allylic oxidation sites excluding steroid dienone is 3. The van der Waals surface area contributed by atoms with Crippen LogP contribution in [0, 0.1) is 0 Å². The van der Waals surface area contributed by atoms with Gasteiger partial charge in [-0.15, -0.1) is 0 Å². The summed E-state index contributed by atoms with van der Waals surface area (Å²) in [6, 6.07) is 6.49. The summed E-state index contributed by atoms with van der Waals surface area (Å²) in [5.41, 5.74) is 6.29. The number of rotatable bonds is 3. The number of halogens is 3. The number of benzene rings is 1. The molecule has 0 unspecified atom stereocenters. The van der Waals surface area contributed by atoms with Gasteiger partial charge in [-0.1, -0.05) is 12.1 Å². The molecule has 0 spiro atoms. The topological polar surface area (TPSA) is 38.4 Å². The predicted molar refractivity (Wildman–Crippen MR) is 68.2 cm³/mol. The second-order valence-electron chi connectivity index (χ2n) is 3.71. The van der Waals surface area contributed by atoms with E-state index in [2.05, 4.69) is 11.7 Å². The molecule has 2 nitrogen and oxygen atoms in total. The van der Waals surface area contributed by atoms with Crippen LogP contribution in [0.1, 0.15) is 12.5 Å². The van der Waals surface area contributed by atoms with E-state index in [9.17, 15) is 13.2 Å². The van der Waals surface area contributed by atoms with Crippen molar-refractivity contribution in [2.75, 3.05) is 5.73 Å². The molecule has 0 aliphatic carbocycles. The van der Waals surface area contributed by atoms with Gasteiger partial charge < -0.3 is 5.73 Å². The zero-order valence-corrected chi connectivity index (χ0v) is 9.83. The molecule has 0 aromatic heterocycles. The number of nitrogens with zero attached hydrogens (tertiary/aromatic N) is 1. The molecule has 0 aliphatic heterocycles. The fraction of sp³-hybridized carbons (Fsp3) is 0.154. The Bertz CT molecular complexity index is 482. The number of hydrogen-bond acceptors (Lipinski definition) is 2. The largest absolute Gasteiger partial charge is 0.412 e. The molecule has 1 aromatic carbocycles.